The first-order valence-electron chi connectivity index (χ1n) is 10.3. The molecule has 9 nitrogen and oxygen atoms in total. The summed E-state index contributed by atoms with van der Waals surface area (Å²) < 4.78 is 6.34. The van der Waals surface area contributed by atoms with Crippen molar-refractivity contribution in [2.24, 2.45) is 5.92 Å². The summed E-state index contributed by atoms with van der Waals surface area (Å²) in [5.41, 5.74) is 0.895. The standard InChI is InChI=1S/C21H24BrN7O2/c1-2-31-18-6-3-15(4-7-18)20-25-27-29(26-20)14-28-11-9-16(10-12-28)21(30)24-19-8-5-17(22)13-23-19/h3-8,13,16H,2,9-12,14H2,1H3,(H,23,24,30). The molecule has 0 atom stereocenters. The van der Waals surface area contributed by atoms with Crippen LogP contribution < -0.4 is 10.1 Å². The van der Waals surface area contributed by atoms with Crippen LogP contribution >= 0.6 is 15.9 Å². The predicted octanol–water partition coefficient (Wildman–Crippen LogP) is 3.20. The van der Waals surface area contributed by atoms with Gasteiger partial charge in [0, 0.05) is 35.2 Å². The second-order valence-electron chi connectivity index (χ2n) is 7.33. The highest BCUT2D eigenvalue weighted by molar-refractivity contribution is 9.10. The molecule has 31 heavy (non-hydrogen) atoms. The summed E-state index contributed by atoms with van der Waals surface area (Å²) in [6.07, 6.45) is 3.23. The van der Waals surface area contributed by atoms with Crippen LogP contribution in [0.15, 0.2) is 47.1 Å². The van der Waals surface area contributed by atoms with Crippen LogP contribution in [-0.4, -0.2) is 55.7 Å². The molecule has 3 aromatic rings. The van der Waals surface area contributed by atoms with Crippen molar-refractivity contribution in [3.8, 4) is 17.1 Å². The Morgan fingerprint density at radius 1 is 1.19 bits per heavy atom. The molecule has 1 fully saturated rings. The Kier molecular flexibility index (Phi) is 6.88. The Balaban J connectivity index is 1.27. The Morgan fingerprint density at radius 2 is 1.97 bits per heavy atom. The fourth-order valence-corrected chi connectivity index (χ4v) is 3.71. The highest BCUT2D eigenvalue weighted by Gasteiger charge is 2.25. The first kappa shape index (κ1) is 21.4. The lowest BCUT2D eigenvalue weighted by molar-refractivity contribution is -0.121. The lowest BCUT2D eigenvalue weighted by Crippen LogP contribution is -2.39. The third kappa shape index (κ3) is 5.65. The molecule has 3 heterocycles. The van der Waals surface area contributed by atoms with E-state index in [-0.39, 0.29) is 11.8 Å². The highest BCUT2D eigenvalue weighted by Crippen LogP contribution is 2.21. The number of amides is 1. The largest absolute Gasteiger partial charge is 0.494 e. The molecular weight excluding hydrogens is 462 g/mol. The molecule has 1 saturated heterocycles. The second-order valence-corrected chi connectivity index (χ2v) is 8.24. The minimum absolute atomic E-state index is 0.0196. The second kappa shape index (κ2) is 9.97. The normalized spacial score (nSPS) is 15.0. The van der Waals surface area contributed by atoms with E-state index in [0.29, 0.717) is 24.9 Å². The Labute approximate surface area is 188 Å². The van der Waals surface area contributed by atoms with E-state index in [1.165, 1.54) is 0 Å². The van der Waals surface area contributed by atoms with Gasteiger partial charge in [-0.3, -0.25) is 9.69 Å². The number of carbonyl (C=O) groups is 1. The number of ether oxygens (including phenoxy) is 1. The zero-order chi connectivity index (χ0) is 21.6. The Morgan fingerprint density at radius 3 is 2.65 bits per heavy atom. The molecular formula is C21H24BrN7O2. The topological polar surface area (TPSA) is 98.1 Å². The minimum atomic E-state index is -0.0233. The first-order chi connectivity index (χ1) is 15.1. The number of halogens is 1. The average Bonchev–Trinajstić information content (AvgIpc) is 3.25. The van der Waals surface area contributed by atoms with Crippen LogP contribution in [0.1, 0.15) is 19.8 Å². The molecule has 0 spiro atoms. The predicted molar refractivity (Wildman–Crippen MR) is 119 cm³/mol. The van der Waals surface area contributed by atoms with Crippen molar-refractivity contribution in [1.82, 2.24) is 30.1 Å². The van der Waals surface area contributed by atoms with E-state index in [2.05, 4.69) is 46.5 Å². The monoisotopic (exact) mass is 485 g/mol. The van der Waals surface area contributed by atoms with Crippen LogP contribution in [0.5, 0.6) is 5.75 Å². The fraction of sp³-hybridized carbons (Fsp3) is 0.381. The molecule has 0 radical (unpaired) electrons. The molecule has 0 unspecified atom stereocenters. The number of aromatic nitrogens is 5. The maximum Gasteiger partial charge on any atom is 0.228 e. The van der Waals surface area contributed by atoms with Crippen molar-refractivity contribution >= 4 is 27.7 Å². The molecule has 1 amide bonds. The van der Waals surface area contributed by atoms with E-state index in [0.717, 1.165) is 41.7 Å². The summed E-state index contributed by atoms with van der Waals surface area (Å²) in [6.45, 7) is 4.73. The highest BCUT2D eigenvalue weighted by atomic mass is 79.9. The number of hydrogen-bond acceptors (Lipinski definition) is 7. The molecule has 4 rings (SSSR count). The summed E-state index contributed by atoms with van der Waals surface area (Å²) in [4.78, 5) is 20.5. The molecule has 1 aromatic carbocycles. The molecule has 0 bridgehead atoms. The SMILES string of the molecule is CCOc1ccc(-c2nnn(CN3CCC(C(=O)Nc4ccc(Br)cn4)CC3)n2)cc1. The maximum absolute atomic E-state index is 12.5. The number of nitrogens with zero attached hydrogens (tertiary/aromatic N) is 6. The third-order valence-corrected chi connectivity index (χ3v) is 5.61. The summed E-state index contributed by atoms with van der Waals surface area (Å²) in [6, 6.07) is 11.3. The van der Waals surface area contributed by atoms with Gasteiger partial charge in [0.2, 0.25) is 11.7 Å². The number of pyridine rings is 1. The van der Waals surface area contributed by atoms with Gasteiger partial charge < -0.3 is 10.1 Å². The lowest BCUT2D eigenvalue weighted by atomic mass is 9.96. The lowest BCUT2D eigenvalue weighted by Gasteiger charge is -2.30. The van der Waals surface area contributed by atoms with Gasteiger partial charge in [-0.15, -0.1) is 15.0 Å². The van der Waals surface area contributed by atoms with Gasteiger partial charge in [-0.1, -0.05) is 0 Å². The average molecular weight is 486 g/mol. The molecule has 0 saturated carbocycles. The van der Waals surface area contributed by atoms with E-state index < -0.39 is 0 Å². The first-order valence-corrected chi connectivity index (χ1v) is 11.1. The van der Waals surface area contributed by atoms with Crippen molar-refractivity contribution in [1.29, 1.82) is 0 Å². The van der Waals surface area contributed by atoms with Crippen molar-refractivity contribution < 1.29 is 9.53 Å². The van der Waals surface area contributed by atoms with Gasteiger partial charge in [-0.25, -0.2) is 4.98 Å². The van der Waals surface area contributed by atoms with E-state index >= 15 is 0 Å². The zero-order valence-electron chi connectivity index (χ0n) is 17.2. The Hall–Kier alpha value is -2.85. The summed E-state index contributed by atoms with van der Waals surface area (Å²) in [7, 11) is 0. The van der Waals surface area contributed by atoms with Crippen LogP contribution in [0.4, 0.5) is 5.82 Å². The van der Waals surface area contributed by atoms with Gasteiger partial charge in [0.15, 0.2) is 0 Å². The number of carbonyl (C=O) groups excluding carboxylic acids is 1. The van der Waals surface area contributed by atoms with Crippen LogP contribution in [0.2, 0.25) is 0 Å². The van der Waals surface area contributed by atoms with E-state index in [1.54, 1.807) is 17.1 Å². The van der Waals surface area contributed by atoms with Gasteiger partial charge in [0.05, 0.1) is 6.61 Å². The summed E-state index contributed by atoms with van der Waals surface area (Å²) >= 11 is 3.34. The van der Waals surface area contributed by atoms with Gasteiger partial charge in [0.25, 0.3) is 0 Å². The van der Waals surface area contributed by atoms with Crippen molar-refractivity contribution in [2.45, 2.75) is 26.4 Å². The Bertz CT molecular complexity index is 999. The number of benzene rings is 1. The summed E-state index contributed by atoms with van der Waals surface area (Å²) in [5.74, 6) is 1.97. The van der Waals surface area contributed by atoms with Gasteiger partial charge in [0.1, 0.15) is 18.2 Å². The fourth-order valence-electron chi connectivity index (χ4n) is 3.48. The van der Waals surface area contributed by atoms with Crippen molar-refractivity contribution in [3.05, 3.63) is 47.1 Å². The van der Waals surface area contributed by atoms with Crippen LogP contribution in [0.25, 0.3) is 11.4 Å². The number of piperidine rings is 1. The quantitative estimate of drug-likeness (QED) is 0.548. The van der Waals surface area contributed by atoms with Gasteiger partial charge in [-0.05, 0) is 77.3 Å². The zero-order valence-corrected chi connectivity index (χ0v) is 18.8. The number of rotatable bonds is 7. The molecule has 1 N–H and O–H groups in total. The van der Waals surface area contributed by atoms with Crippen LogP contribution in [0, 0.1) is 5.92 Å². The maximum atomic E-state index is 12.5. The molecule has 162 valence electrons. The van der Waals surface area contributed by atoms with E-state index in [4.69, 9.17) is 4.74 Å². The number of nitrogens with one attached hydrogen (secondary N) is 1. The number of tetrazole rings is 1. The molecule has 2 aromatic heterocycles. The number of anilines is 1. The number of likely N-dealkylation sites (tertiary alicyclic amines) is 1. The third-order valence-electron chi connectivity index (χ3n) is 5.14. The smallest absolute Gasteiger partial charge is 0.228 e. The van der Waals surface area contributed by atoms with E-state index in [1.807, 2.05) is 37.3 Å². The van der Waals surface area contributed by atoms with Crippen molar-refractivity contribution in [3.63, 3.8) is 0 Å². The molecule has 1 aliphatic heterocycles. The van der Waals surface area contributed by atoms with Crippen LogP contribution in [0.3, 0.4) is 0 Å². The minimum Gasteiger partial charge on any atom is -0.494 e. The van der Waals surface area contributed by atoms with Crippen molar-refractivity contribution in [2.75, 3.05) is 25.0 Å². The molecule has 10 heteroatoms. The molecule has 0 aliphatic carbocycles. The van der Waals surface area contributed by atoms with Gasteiger partial charge >= 0.3 is 0 Å². The molecule has 1 aliphatic rings. The number of hydrogen-bond donors (Lipinski definition) is 1. The van der Waals surface area contributed by atoms with E-state index in [9.17, 15) is 4.79 Å². The van der Waals surface area contributed by atoms with Gasteiger partial charge in [-0.2, -0.15) is 0 Å². The summed E-state index contributed by atoms with van der Waals surface area (Å²) in [5, 5.41) is 15.7. The van der Waals surface area contributed by atoms with Crippen LogP contribution in [-0.2, 0) is 11.5 Å².